The number of amides is 1. The number of para-hydroxylation sites is 1. The molecule has 0 saturated carbocycles. The number of halogens is 1. The SMILES string of the molecule is Cc1cc(=O)c(C(=O)Oc2ccc(N3CCCC3=O)cc2)nn1-c1ccccc1F. The van der Waals surface area contributed by atoms with Crippen molar-refractivity contribution in [1.82, 2.24) is 9.78 Å². The van der Waals surface area contributed by atoms with E-state index in [1.807, 2.05) is 0 Å². The molecular formula is C22H18FN3O4. The van der Waals surface area contributed by atoms with Crippen LogP contribution < -0.4 is 15.1 Å². The molecule has 2 heterocycles. The minimum absolute atomic E-state index is 0.0531. The van der Waals surface area contributed by atoms with Gasteiger partial charge in [-0.15, -0.1) is 0 Å². The summed E-state index contributed by atoms with van der Waals surface area (Å²) in [6, 6.07) is 13.6. The second-order valence-corrected chi connectivity index (χ2v) is 6.89. The monoisotopic (exact) mass is 407 g/mol. The van der Waals surface area contributed by atoms with E-state index >= 15 is 0 Å². The molecule has 3 aromatic rings. The fraction of sp³-hybridized carbons (Fsp3) is 0.182. The Morgan fingerprint density at radius 2 is 1.83 bits per heavy atom. The van der Waals surface area contributed by atoms with Gasteiger partial charge in [0.25, 0.3) is 0 Å². The van der Waals surface area contributed by atoms with Gasteiger partial charge in [0, 0.05) is 30.4 Å². The Balaban J connectivity index is 1.59. The number of nitrogens with zero attached hydrogens (tertiary/aromatic N) is 3. The third-order valence-electron chi connectivity index (χ3n) is 4.81. The Kier molecular flexibility index (Phi) is 5.14. The first kappa shape index (κ1) is 19.5. The highest BCUT2D eigenvalue weighted by molar-refractivity contribution is 5.95. The summed E-state index contributed by atoms with van der Waals surface area (Å²) in [6.45, 7) is 2.25. The Morgan fingerprint density at radius 1 is 1.10 bits per heavy atom. The minimum atomic E-state index is -0.949. The summed E-state index contributed by atoms with van der Waals surface area (Å²) < 4.78 is 20.6. The van der Waals surface area contributed by atoms with Crippen molar-refractivity contribution in [3.05, 3.63) is 82.0 Å². The number of hydrogen-bond donors (Lipinski definition) is 0. The molecule has 0 atom stereocenters. The highest BCUT2D eigenvalue weighted by Gasteiger charge is 2.22. The number of benzene rings is 2. The van der Waals surface area contributed by atoms with E-state index < -0.39 is 22.9 Å². The van der Waals surface area contributed by atoms with Crippen LogP contribution in [0, 0.1) is 12.7 Å². The van der Waals surface area contributed by atoms with E-state index in [0.29, 0.717) is 24.3 Å². The molecule has 0 spiro atoms. The summed E-state index contributed by atoms with van der Waals surface area (Å²) in [5.41, 5.74) is 0.129. The number of carbonyl (C=O) groups excluding carboxylic acids is 2. The van der Waals surface area contributed by atoms with Crippen LogP contribution in [0.4, 0.5) is 10.1 Å². The van der Waals surface area contributed by atoms with Gasteiger partial charge in [-0.1, -0.05) is 12.1 Å². The lowest BCUT2D eigenvalue weighted by molar-refractivity contribution is -0.117. The van der Waals surface area contributed by atoms with Crippen molar-refractivity contribution in [3.63, 3.8) is 0 Å². The van der Waals surface area contributed by atoms with E-state index in [9.17, 15) is 18.8 Å². The second kappa shape index (κ2) is 7.90. The Morgan fingerprint density at radius 3 is 2.50 bits per heavy atom. The molecule has 30 heavy (non-hydrogen) atoms. The molecule has 0 bridgehead atoms. The highest BCUT2D eigenvalue weighted by atomic mass is 19.1. The number of rotatable bonds is 4. The molecule has 8 heteroatoms. The van der Waals surface area contributed by atoms with E-state index in [0.717, 1.165) is 6.42 Å². The average molecular weight is 407 g/mol. The highest BCUT2D eigenvalue weighted by Crippen LogP contribution is 2.24. The summed E-state index contributed by atoms with van der Waals surface area (Å²) in [7, 11) is 0. The summed E-state index contributed by atoms with van der Waals surface area (Å²) in [6.07, 6.45) is 1.33. The van der Waals surface area contributed by atoms with E-state index in [2.05, 4.69) is 5.10 Å². The normalized spacial score (nSPS) is 13.5. The Hall–Kier alpha value is -3.81. The first-order chi connectivity index (χ1) is 14.4. The molecule has 1 aromatic heterocycles. The smallest absolute Gasteiger partial charge is 0.368 e. The molecule has 1 aliphatic rings. The lowest BCUT2D eigenvalue weighted by Crippen LogP contribution is -2.26. The van der Waals surface area contributed by atoms with Gasteiger partial charge in [-0.05, 0) is 49.7 Å². The lowest BCUT2D eigenvalue weighted by Gasteiger charge is -2.16. The number of anilines is 1. The number of aromatic nitrogens is 2. The van der Waals surface area contributed by atoms with Crippen LogP contribution in [0.1, 0.15) is 29.0 Å². The zero-order valence-electron chi connectivity index (χ0n) is 16.2. The maximum atomic E-state index is 14.1. The first-order valence-electron chi connectivity index (χ1n) is 9.42. The van der Waals surface area contributed by atoms with Crippen molar-refractivity contribution in [2.24, 2.45) is 0 Å². The van der Waals surface area contributed by atoms with Gasteiger partial charge >= 0.3 is 5.97 Å². The Labute approximate surface area is 171 Å². The van der Waals surface area contributed by atoms with E-state index in [1.165, 1.54) is 28.9 Å². The molecule has 1 aliphatic heterocycles. The molecule has 4 rings (SSSR count). The topological polar surface area (TPSA) is 81.5 Å². The number of aryl methyl sites for hydroxylation is 1. The van der Waals surface area contributed by atoms with E-state index in [-0.39, 0.29) is 17.3 Å². The number of carbonyl (C=O) groups is 2. The standard InChI is InChI=1S/C22H18FN3O4/c1-14-13-19(27)21(24-26(14)18-6-3-2-5-17(18)23)22(29)30-16-10-8-15(9-11-16)25-12-4-7-20(25)28/h2-3,5-6,8-11,13H,4,7,12H2,1H3. The predicted molar refractivity (Wildman–Crippen MR) is 108 cm³/mol. The van der Waals surface area contributed by atoms with Crippen LogP contribution in [-0.4, -0.2) is 28.2 Å². The molecule has 2 aromatic carbocycles. The molecule has 1 amide bonds. The third kappa shape index (κ3) is 3.71. The Bertz CT molecular complexity index is 1190. The minimum Gasteiger partial charge on any atom is -0.422 e. The van der Waals surface area contributed by atoms with Crippen molar-refractivity contribution in [2.75, 3.05) is 11.4 Å². The number of hydrogen-bond acceptors (Lipinski definition) is 5. The van der Waals surface area contributed by atoms with Crippen molar-refractivity contribution in [2.45, 2.75) is 19.8 Å². The lowest BCUT2D eigenvalue weighted by atomic mass is 10.2. The van der Waals surface area contributed by atoms with Crippen molar-refractivity contribution in [3.8, 4) is 11.4 Å². The van der Waals surface area contributed by atoms with Crippen LogP contribution in [0.3, 0.4) is 0 Å². The zero-order chi connectivity index (χ0) is 21.3. The van der Waals surface area contributed by atoms with Gasteiger partial charge < -0.3 is 9.64 Å². The van der Waals surface area contributed by atoms with E-state index in [4.69, 9.17) is 4.74 Å². The molecule has 1 saturated heterocycles. The van der Waals surface area contributed by atoms with Gasteiger partial charge in [0.05, 0.1) is 0 Å². The fourth-order valence-electron chi connectivity index (χ4n) is 3.33. The van der Waals surface area contributed by atoms with Crippen LogP contribution in [0.15, 0.2) is 59.4 Å². The molecular weight excluding hydrogens is 389 g/mol. The van der Waals surface area contributed by atoms with Crippen molar-refractivity contribution >= 4 is 17.6 Å². The van der Waals surface area contributed by atoms with Crippen molar-refractivity contribution in [1.29, 1.82) is 0 Å². The maximum absolute atomic E-state index is 14.1. The van der Waals surface area contributed by atoms with Gasteiger partial charge in [-0.25, -0.2) is 13.9 Å². The van der Waals surface area contributed by atoms with Crippen molar-refractivity contribution < 1.29 is 18.7 Å². The fourth-order valence-corrected chi connectivity index (χ4v) is 3.33. The van der Waals surface area contributed by atoms with Gasteiger partial charge in [0.15, 0.2) is 0 Å². The second-order valence-electron chi connectivity index (χ2n) is 6.89. The predicted octanol–water partition coefficient (Wildman–Crippen LogP) is 3.03. The zero-order valence-corrected chi connectivity index (χ0v) is 16.2. The van der Waals surface area contributed by atoms with Gasteiger partial charge in [0.2, 0.25) is 17.0 Å². The summed E-state index contributed by atoms with van der Waals surface area (Å²) in [5, 5.41) is 4.03. The molecule has 0 N–H and O–H groups in total. The van der Waals surface area contributed by atoms with E-state index in [1.54, 1.807) is 42.2 Å². The van der Waals surface area contributed by atoms with Gasteiger partial charge in [-0.3, -0.25) is 9.59 Å². The van der Waals surface area contributed by atoms with Gasteiger partial charge in [-0.2, -0.15) is 5.10 Å². The first-order valence-corrected chi connectivity index (χ1v) is 9.42. The number of ether oxygens (including phenoxy) is 1. The number of esters is 1. The molecule has 0 aliphatic carbocycles. The molecule has 1 fully saturated rings. The molecule has 0 radical (unpaired) electrons. The van der Waals surface area contributed by atoms with Crippen LogP contribution in [-0.2, 0) is 4.79 Å². The van der Waals surface area contributed by atoms with Crippen LogP contribution in [0.5, 0.6) is 5.75 Å². The summed E-state index contributed by atoms with van der Waals surface area (Å²) >= 11 is 0. The van der Waals surface area contributed by atoms with Gasteiger partial charge in [0.1, 0.15) is 17.3 Å². The maximum Gasteiger partial charge on any atom is 0.368 e. The van der Waals surface area contributed by atoms with Crippen LogP contribution in [0.2, 0.25) is 0 Å². The third-order valence-corrected chi connectivity index (χ3v) is 4.81. The molecule has 152 valence electrons. The average Bonchev–Trinajstić information content (AvgIpc) is 3.15. The largest absolute Gasteiger partial charge is 0.422 e. The molecule has 0 unspecified atom stereocenters. The van der Waals surface area contributed by atoms with Crippen LogP contribution in [0.25, 0.3) is 5.69 Å². The quantitative estimate of drug-likeness (QED) is 0.491. The summed E-state index contributed by atoms with van der Waals surface area (Å²) in [4.78, 5) is 38.3. The molecule has 7 nitrogen and oxygen atoms in total. The summed E-state index contributed by atoms with van der Waals surface area (Å²) in [5.74, 6) is -1.23. The van der Waals surface area contributed by atoms with Crippen LogP contribution >= 0.6 is 0 Å².